The molecule has 2 aromatic rings. The summed E-state index contributed by atoms with van der Waals surface area (Å²) in [5, 5.41) is 0. The standard InChI is InChI=1S/C17H20N2O3/c1-11-9-19(10-12(2)21-11)17(20)16-8-7-15(22-16)13-5-3-4-6-14(13)18/h3-8,11-12H,9-10,18H2,1-2H3/t11-,12-/m0/s1. The monoisotopic (exact) mass is 300 g/mol. The summed E-state index contributed by atoms with van der Waals surface area (Å²) in [5.41, 5.74) is 7.37. The summed E-state index contributed by atoms with van der Waals surface area (Å²) >= 11 is 0. The van der Waals surface area contributed by atoms with Crippen LogP contribution in [0.2, 0.25) is 0 Å². The van der Waals surface area contributed by atoms with Crippen LogP contribution in [0, 0.1) is 0 Å². The molecule has 1 amide bonds. The number of anilines is 1. The fourth-order valence-electron chi connectivity index (χ4n) is 2.82. The van der Waals surface area contributed by atoms with Crippen molar-refractivity contribution in [3.63, 3.8) is 0 Å². The minimum Gasteiger partial charge on any atom is -0.451 e. The van der Waals surface area contributed by atoms with Crippen LogP contribution in [0.4, 0.5) is 5.69 Å². The maximum Gasteiger partial charge on any atom is 0.289 e. The molecule has 0 radical (unpaired) electrons. The lowest BCUT2D eigenvalue weighted by molar-refractivity contribution is -0.0592. The number of ether oxygens (including phenoxy) is 1. The van der Waals surface area contributed by atoms with Crippen LogP contribution in [0.1, 0.15) is 24.4 Å². The summed E-state index contributed by atoms with van der Waals surface area (Å²) < 4.78 is 11.4. The SMILES string of the molecule is C[C@H]1CN(C(=O)c2ccc(-c3ccccc3N)o2)C[C@H](C)O1. The number of carbonyl (C=O) groups excluding carboxylic acids is 1. The molecule has 0 unspecified atom stereocenters. The predicted molar refractivity (Wildman–Crippen MR) is 84.5 cm³/mol. The molecule has 5 heteroatoms. The Morgan fingerprint density at radius 2 is 1.82 bits per heavy atom. The molecule has 0 bridgehead atoms. The lowest BCUT2D eigenvalue weighted by Gasteiger charge is -2.34. The second-order valence-electron chi connectivity index (χ2n) is 5.72. The van der Waals surface area contributed by atoms with Gasteiger partial charge < -0.3 is 19.8 Å². The normalized spacial score (nSPS) is 21.8. The highest BCUT2D eigenvalue weighted by Crippen LogP contribution is 2.28. The van der Waals surface area contributed by atoms with Crippen molar-refractivity contribution in [3.8, 4) is 11.3 Å². The molecule has 0 aliphatic carbocycles. The zero-order valence-electron chi connectivity index (χ0n) is 12.8. The van der Waals surface area contributed by atoms with E-state index in [1.807, 2.05) is 38.1 Å². The smallest absolute Gasteiger partial charge is 0.289 e. The molecule has 2 N–H and O–H groups in total. The Bertz CT molecular complexity index is 670. The first kappa shape index (κ1) is 14.7. The van der Waals surface area contributed by atoms with Gasteiger partial charge in [0.1, 0.15) is 5.76 Å². The van der Waals surface area contributed by atoms with Crippen LogP contribution in [-0.2, 0) is 4.74 Å². The summed E-state index contributed by atoms with van der Waals surface area (Å²) in [5.74, 6) is 0.832. The van der Waals surface area contributed by atoms with Gasteiger partial charge in [-0.05, 0) is 38.1 Å². The largest absolute Gasteiger partial charge is 0.451 e. The van der Waals surface area contributed by atoms with Crippen LogP contribution in [0.15, 0.2) is 40.8 Å². The van der Waals surface area contributed by atoms with Gasteiger partial charge in [-0.15, -0.1) is 0 Å². The molecule has 3 rings (SSSR count). The maximum atomic E-state index is 12.6. The minimum absolute atomic E-state index is 0.0342. The van der Waals surface area contributed by atoms with E-state index < -0.39 is 0 Å². The van der Waals surface area contributed by atoms with Crippen LogP contribution in [0.3, 0.4) is 0 Å². The van der Waals surface area contributed by atoms with Gasteiger partial charge >= 0.3 is 0 Å². The highest BCUT2D eigenvalue weighted by atomic mass is 16.5. The number of benzene rings is 1. The van der Waals surface area contributed by atoms with Crippen LogP contribution >= 0.6 is 0 Å². The second kappa shape index (κ2) is 5.85. The van der Waals surface area contributed by atoms with E-state index in [2.05, 4.69) is 0 Å². The van der Waals surface area contributed by atoms with Gasteiger partial charge in [0.25, 0.3) is 5.91 Å². The van der Waals surface area contributed by atoms with E-state index in [1.165, 1.54) is 0 Å². The molecule has 0 saturated carbocycles. The Hall–Kier alpha value is -2.27. The number of nitrogens with zero attached hydrogens (tertiary/aromatic N) is 1. The molecular formula is C17H20N2O3. The van der Waals surface area contributed by atoms with Gasteiger partial charge in [-0.3, -0.25) is 4.79 Å². The zero-order chi connectivity index (χ0) is 15.7. The van der Waals surface area contributed by atoms with E-state index in [-0.39, 0.29) is 18.1 Å². The van der Waals surface area contributed by atoms with Crippen molar-refractivity contribution in [1.82, 2.24) is 4.90 Å². The van der Waals surface area contributed by atoms with E-state index >= 15 is 0 Å². The van der Waals surface area contributed by atoms with Crippen molar-refractivity contribution in [2.45, 2.75) is 26.1 Å². The van der Waals surface area contributed by atoms with Crippen molar-refractivity contribution in [2.75, 3.05) is 18.8 Å². The van der Waals surface area contributed by atoms with E-state index in [9.17, 15) is 4.79 Å². The third-order valence-electron chi connectivity index (χ3n) is 3.75. The summed E-state index contributed by atoms with van der Waals surface area (Å²) in [6.45, 7) is 5.09. The average Bonchev–Trinajstić information content (AvgIpc) is 2.95. The molecule has 116 valence electrons. The molecule has 1 aliphatic heterocycles. The quantitative estimate of drug-likeness (QED) is 0.866. The molecule has 5 nitrogen and oxygen atoms in total. The van der Waals surface area contributed by atoms with E-state index in [0.29, 0.717) is 30.3 Å². The summed E-state index contributed by atoms with van der Waals surface area (Å²) in [6.07, 6.45) is 0.0683. The van der Waals surface area contributed by atoms with Gasteiger partial charge in [-0.1, -0.05) is 12.1 Å². The van der Waals surface area contributed by atoms with E-state index in [0.717, 1.165) is 5.56 Å². The number of hydrogen-bond acceptors (Lipinski definition) is 4. The van der Waals surface area contributed by atoms with Crippen molar-refractivity contribution in [1.29, 1.82) is 0 Å². The topological polar surface area (TPSA) is 68.7 Å². The van der Waals surface area contributed by atoms with E-state index in [4.69, 9.17) is 14.9 Å². The van der Waals surface area contributed by atoms with Crippen LogP contribution in [0.5, 0.6) is 0 Å². The van der Waals surface area contributed by atoms with Gasteiger partial charge in [0, 0.05) is 24.3 Å². The van der Waals surface area contributed by atoms with E-state index in [1.54, 1.807) is 17.0 Å². The molecule has 1 saturated heterocycles. The van der Waals surface area contributed by atoms with Crippen molar-refractivity contribution >= 4 is 11.6 Å². The Labute approximate surface area is 129 Å². The number of nitrogens with two attached hydrogens (primary N) is 1. The first-order valence-corrected chi connectivity index (χ1v) is 7.44. The van der Waals surface area contributed by atoms with Gasteiger partial charge in [0.2, 0.25) is 0 Å². The molecule has 1 fully saturated rings. The first-order valence-electron chi connectivity index (χ1n) is 7.44. The Kier molecular flexibility index (Phi) is 3.90. The van der Waals surface area contributed by atoms with Gasteiger partial charge in [-0.25, -0.2) is 0 Å². The lowest BCUT2D eigenvalue weighted by Crippen LogP contribution is -2.48. The van der Waals surface area contributed by atoms with Crippen LogP contribution < -0.4 is 5.73 Å². The fraction of sp³-hybridized carbons (Fsp3) is 0.353. The number of morpholine rings is 1. The van der Waals surface area contributed by atoms with Crippen LogP contribution in [0.25, 0.3) is 11.3 Å². The number of carbonyl (C=O) groups is 1. The molecule has 2 heterocycles. The fourth-order valence-corrected chi connectivity index (χ4v) is 2.82. The Balaban J connectivity index is 1.82. The van der Waals surface area contributed by atoms with Crippen molar-refractivity contribution in [2.24, 2.45) is 0 Å². The maximum absolute atomic E-state index is 12.6. The molecule has 1 aliphatic rings. The third kappa shape index (κ3) is 2.85. The summed E-state index contributed by atoms with van der Waals surface area (Å²) in [7, 11) is 0. The van der Waals surface area contributed by atoms with Crippen molar-refractivity contribution in [3.05, 3.63) is 42.2 Å². The molecular weight excluding hydrogens is 280 g/mol. The lowest BCUT2D eigenvalue weighted by atomic mass is 10.1. The van der Waals surface area contributed by atoms with Crippen molar-refractivity contribution < 1.29 is 13.9 Å². The number of para-hydroxylation sites is 1. The number of nitrogen functional groups attached to an aromatic ring is 1. The van der Waals surface area contributed by atoms with Gasteiger partial charge in [0.05, 0.1) is 12.2 Å². The highest BCUT2D eigenvalue weighted by Gasteiger charge is 2.28. The molecule has 0 spiro atoms. The van der Waals surface area contributed by atoms with Crippen LogP contribution in [-0.4, -0.2) is 36.1 Å². The number of rotatable bonds is 2. The first-order chi connectivity index (χ1) is 10.5. The summed E-state index contributed by atoms with van der Waals surface area (Å²) in [4.78, 5) is 14.3. The number of hydrogen-bond donors (Lipinski definition) is 1. The molecule has 1 aromatic heterocycles. The second-order valence-corrected chi connectivity index (χ2v) is 5.72. The minimum atomic E-state index is -0.109. The third-order valence-corrected chi connectivity index (χ3v) is 3.75. The average molecular weight is 300 g/mol. The molecule has 1 aromatic carbocycles. The summed E-state index contributed by atoms with van der Waals surface area (Å²) in [6, 6.07) is 10.9. The number of furan rings is 1. The Morgan fingerprint density at radius 1 is 1.14 bits per heavy atom. The van der Waals surface area contributed by atoms with Gasteiger partial charge in [-0.2, -0.15) is 0 Å². The molecule has 22 heavy (non-hydrogen) atoms. The molecule has 2 atom stereocenters. The van der Waals surface area contributed by atoms with Gasteiger partial charge in [0.15, 0.2) is 5.76 Å². The zero-order valence-corrected chi connectivity index (χ0v) is 12.8. The Morgan fingerprint density at radius 3 is 2.50 bits per heavy atom. The number of amides is 1. The predicted octanol–water partition coefficient (Wildman–Crippen LogP) is 2.78. The highest BCUT2D eigenvalue weighted by molar-refractivity contribution is 5.92.